The van der Waals surface area contributed by atoms with Gasteiger partial charge in [-0.05, 0) is 60.4 Å². The molecule has 4 aromatic carbocycles. The van der Waals surface area contributed by atoms with Crippen LogP contribution in [0.3, 0.4) is 0 Å². The zero-order valence-electron chi connectivity index (χ0n) is 21.9. The monoisotopic (exact) mass is 528 g/mol. The van der Waals surface area contributed by atoms with Crippen LogP contribution in [0.25, 0.3) is 0 Å². The van der Waals surface area contributed by atoms with Crippen LogP contribution in [0, 0.1) is 13.8 Å². The Morgan fingerprint density at radius 3 is 1.80 bits per heavy atom. The van der Waals surface area contributed by atoms with Crippen LogP contribution in [0.4, 0.5) is 27.5 Å². The summed E-state index contributed by atoms with van der Waals surface area (Å²) in [5, 5.41) is 0. The normalized spacial score (nSPS) is 16.4. The molecule has 0 aliphatic carbocycles. The van der Waals surface area contributed by atoms with Crippen LogP contribution in [0.5, 0.6) is 0 Å². The maximum absolute atomic E-state index is 14.7. The third-order valence-electron chi connectivity index (χ3n) is 7.11. The van der Waals surface area contributed by atoms with Crippen molar-refractivity contribution in [3.63, 3.8) is 0 Å². The minimum Gasteiger partial charge on any atom is -0.274 e. The van der Waals surface area contributed by atoms with Crippen molar-refractivity contribution in [1.29, 1.82) is 0 Å². The van der Waals surface area contributed by atoms with Crippen LogP contribution in [0.1, 0.15) is 22.3 Å². The van der Waals surface area contributed by atoms with Crippen molar-refractivity contribution in [2.45, 2.75) is 25.8 Å². The Hall–Kier alpha value is -5.42. The van der Waals surface area contributed by atoms with Crippen LogP contribution in [-0.4, -0.2) is 24.1 Å². The highest BCUT2D eigenvalue weighted by Crippen LogP contribution is 2.46. The lowest BCUT2D eigenvalue weighted by molar-refractivity contribution is -0.121. The van der Waals surface area contributed by atoms with Crippen LogP contribution >= 0.6 is 0 Å². The van der Waals surface area contributed by atoms with E-state index in [1.165, 1.54) is 17.0 Å². The van der Waals surface area contributed by atoms with E-state index in [0.717, 1.165) is 10.5 Å². The van der Waals surface area contributed by atoms with Gasteiger partial charge in [0.1, 0.15) is 0 Å². The zero-order chi connectivity index (χ0) is 28.3. The molecule has 1 heterocycles. The summed E-state index contributed by atoms with van der Waals surface area (Å²) in [6.45, 7) is 3.56. The molecule has 1 saturated heterocycles. The van der Waals surface area contributed by atoms with E-state index in [1.54, 1.807) is 50.3 Å². The van der Waals surface area contributed by atoms with E-state index < -0.39 is 17.5 Å². The van der Waals surface area contributed by atoms with Crippen molar-refractivity contribution in [2.75, 3.05) is 9.80 Å². The van der Waals surface area contributed by atoms with E-state index in [2.05, 4.69) is 9.98 Å². The molecule has 0 N–H and O–H groups in total. The molecule has 196 valence electrons. The number of carbonyl (C=O) groups excluding carboxylic acids is 4. The lowest BCUT2D eigenvalue weighted by atomic mass is 9.81. The first kappa shape index (κ1) is 26.2. The van der Waals surface area contributed by atoms with E-state index in [0.29, 0.717) is 33.8 Å². The Morgan fingerprint density at radius 1 is 0.700 bits per heavy atom. The molecular formula is C32H24N4O4. The summed E-state index contributed by atoms with van der Waals surface area (Å²) in [4.78, 5) is 61.5. The number of carbonyl (C=O) groups is 2. The smallest absolute Gasteiger partial charge is 0.274 e. The van der Waals surface area contributed by atoms with Crippen molar-refractivity contribution in [3.05, 3.63) is 119 Å². The van der Waals surface area contributed by atoms with Gasteiger partial charge in [-0.1, -0.05) is 72.8 Å². The zero-order valence-corrected chi connectivity index (χ0v) is 21.9. The van der Waals surface area contributed by atoms with Gasteiger partial charge in [0, 0.05) is 12.1 Å². The Morgan fingerprint density at radius 2 is 1.23 bits per heavy atom. The summed E-state index contributed by atoms with van der Waals surface area (Å²) in [6.07, 6.45) is 3.27. The number of amides is 3. The second kappa shape index (κ2) is 10.8. The second-order valence-corrected chi connectivity index (χ2v) is 9.49. The molecule has 5 rings (SSSR count). The van der Waals surface area contributed by atoms with Gasteiger partial charge < -0.3 is 0 Å². The highest BCUT2D eigenvalue weighted by atomic mass is 16.2. The number of aryl methyl sites for hydroxylation is 2. The molecular weight excluding hydrogens is 504 g/mol. The predicted molar refractivity (Wildman–Crippen MR) is 152 cm³/mol. The molecule has 1 fully saturated rings. The number of isocyanates is 2. The molecule has 8 heteroatoms. The first-order chi connectivity index (χ1) is 19.4. The van der Waals surface area contributed by atoms with E-state index in [-0.39, 0.29) is 12.1 Å². The second-order valence-electron chi connectivity index (χ2n) is 9.49. The average molecular weight is 529 g/mol. The number of anilines is 2. The molecule has 0 saturated carbocycles. The molecule has 40 heavy (non-hydrogen) atoms. The van der Waals surface area contributed by atoms with E-state index >= 15 is 0 Å². The van der Waals surface area contributed by atoms with Gasteiger partial charge >= 0.3 is 6.03 Å². The summed E-state index contributed by atoms with van der Waals surface area (Å²) in [5.41, 5.74) is 2.66. The van der Waals surface area contributed by atoms with Crippen molar-refractivity contribution in [1.82, 2.24) is 0 Å². The number of hydrogen-bond acceptors (Lipinski definition) is 6. The minimum atomic E-state index is -1.49. The first-order valence-corrected chi connectivity index (χ1v) is 12.6. The Bertz CT molecular complexity index is 1710. The fraction of sp³-hybridized carbons (Fsp3) is 0.125. The standard InChI is InChI=1S/C32H24N4O4/c1-22-13-15-26(17-28(22)33-20-37)35-30(39)32(25-11-7-4-8-12-25,19-24-9-5-3-6-10-24)36(31(35)40)27-16-14-23(2)29(18-27)34-21-38/h3-18H,19H2,1-2H3. The van der Waals surface area contributed by atoms with Crippen LogP contribution in [0.15, 0.2) is 107 Å². The number of imide groups is 1. The highest BCUT2D eigenvalue weighted by molar-refractivity contribution is 6.30. The predicted octanol–water partition coefficient (Wildman–Crippen LogP) is 6.35. The molecule has 1 aliphatic rings. The number of urea groups is 1. The van der Waals surface area contributed by atoms with Gasteiger partial charge in [0.2, 0.25) is 12.2 Å². The number of rotatable bonds is 7. The summed E-state index contributed by atoms with van der Waals surface area (Å²) in [6, 6.07) is 27.9. The average Bonchev–Trinajstić information content (AvgIpc) is 3.18. The largest absolute Gasteiger partial charge is 0.337 e. The number of nitrogens with zero attached hydrogens (tertiary/aromatic N) is 4. The molecule has 8 nitrogen and oxygen atoms in total. The van der Waals surface area contributed by atoms with Crippen LogP contribution < -0.4 is 9.80 Å². The summed E-state index contributed by atoms with van der Waals surface area (Å²) < 4.78 is 0. The van der Waals surface area contributed by atoms with Gasteiger partial charge in [-0.3, -0.25) is 9.69 Å². The lowest BCUT2D eigenvalue weighted by Crippen LogP contribution is -2.49. The molecule has 4 aromatic rings. The SMILES string of the molecule is Cc1ccc(N2C(=O)N(c3ccc(C)c(N=C=O)c3)C(Cc3ccccc3)(c3ccccc3)C2=O)cc1N=C=O. The topological polar surface area (TPSA) is 99.5 Å². The van der Waals surface area contributed by atoms with Gasteiger partial charge in [-0.25, -0.2) is 19.3 Å². The van der Waals surface area contributed by atoms with Gasteiger partial charge in [0.05, 0.1) is 17.1 Å². The number of aliphatic imine (C=N–C) groups is 2. The molecule has 1 aliphatic heterocycles. The summed E-state index contributed by atoms with van der Waals surface area (Å²) >= 11 is 0. The lowest BCUT2D eigenvalue weighted by Gasteiger charge is -2.36. The summed E-state index contributed by atoms with van der Waals surface area (Å²) in [5.74, 6) is -0.474. The molecule has 1 unspecified atom stereocenters. The van der Waals surface area contributed by atoms with Gasteiger partial charge in [0.25, 0.3) is 5.91 Å². The van der Waals surface area contributed by atoms with Gasteiger partial charge in [0.15, 0.2) is 5.54 Å². The van der Waals surface area contributed by atoms with Gasteiger partial charge in [-0.15, -0.1) is 0 Å². The minimum absolute atomic E-state index is 0.171. The van der Waals surface area contributed by atoms with Crippen molar-refractivity contribution in [2.24, 2.45) is 9.98 Å². The van der Waals surface area contributed by atoms with E-state index in [1.807, 2.05) is 60.7 Å². The fourth-order valence-electron chi connectivity index (χ4n) is 5.12. The van der Waals surface area contributed by atoms with Crippen molar-refractivity contribution in [3.8, 4) is 0 Å². The van der Waals surface area contributed by atoms with Crippen molar-refractivity contribution < 1.29 is 19.2 Å². The highest BCUT2D eigenvalue weighted by Gasteiger charge is 2.59. The van der Waals surface area contributed by atoms with Gasteiger partial charge in [-0.2, -0.15) is 9.98 Å². The Kier molecular flexibility index (Phi) is 7.04. The van der Waals surface area contributed by atoms with Crippen LogP contribution in [0.2, 0.25) is 0 Å². The molecule has 0 bridgehead atoms. The molecule has 0 radical (unpaired) electrons. The summed E-state index contributed by atoms with van der Waals surface area (Å²) in [7, 11) is 0. The Balaban J connectivity index is 1.81. The molecule has 1 atom stereocenters. The molecule has 0 spiro atoms. The maximum Gasteiger partial charge on any atom is 0.337 e. The Labute approximate surface area is 230 Å². The quantitative estimate of drug-likeness (QED) is 0.159. The fourth-order valence-corrected chi connectivity index (χ4v) is 5.12. The third kappa shape index (κ3) is 4.44. The number of benzene rings is 4. The number of hydrogen-bond donors (Lipinski definition) is 0. The third-order valence-corrected chi connectivity index (χ3v) is 7.11. The first-order valence-electron chi connectivity index (χ1n) is 12.6. The molecule has 0 aromatic heterocycles. The van der Waals surface area contributed by atoms with Crippen LogP contribution in [-0.2, 0) is 26.3 Å². The van der Waals surface area contributed by atoms with E-state index in [4.69, 9.17) is 0 Å². The maximum atomic E-state index is 14.7. The van der Waals surface area contributed by atoms with E-state index in [9.17, 15) is 19.2 Å². The molecule has 3 amide bonds. The van der Waals surface area contributed by atoms with Crippen molar-refractivity contribution >= 4 is 46.8 Å².